The molecular weight excluding hydrogens is 396 g/mol. The van der Waals surface area contributed by atoms with Crippen molar-refractivity contribution in [2.75, 3.05) is 6.61 Å². The number of rotatable bonds is 8. The Hall–Kier alpha value is -0.830. The molecule has 0 heterocycles. The van der Waals surface area contributed by atoms with Gasteiger partial charge in [-0.15, -0.1) is 0 Å². The van der Waals surface area contributed by atoms with E-state index in [1.54, 1.807) is 5.57 Å². The smallest absolute Gasteiger partial charge is 0.329 e. The van der Waals surface area contributed by atoms with Gasteiger partial charge in [-0.3, -0.25) is 0 Å². The number of fused-ring (bicyclic) bond motifs is 5. The average Bonchev–Trinajstić information content (AvgIpc) is 3.09. The van der Waals surface area contributed by atoms with E-state index >= 15 is 0 Å². The Morgan fingerprint density at radius 2 is 1.88 bits per heavy atom. The van der Waals surface area contributed by atoms with Gasteiger partial charge in [0, 0.05) is 0 Å². The van der Waals surface area contributed by atoms with Crippen LogP contribution in [-0.2, 0) is 9.53 Å². The molecule has 0 aliphatic heterocycles. The molecule has 1 N–H and O–H groups in total. The van der Waals surface area contributed by atoms with Gasteiger partial charge in [-0.05, 0) is 97.7 Å². The van der Waals surface area contributed by atoms with Crippen LogP contribution in [0.5, 0.6) is 0 Å². The Kier molecular flexibility index (Phi) is 7.16. The minimum atomic E-state index is -0.850. The number of aliphatic carboxylic acids is 1. The zero-order valence-electron chi connectivity index (χ0n) is 21.4. The van der Waals surface area contributed by atoms with E-state index in [0.29, 0.717) is 10.8 Å². The van der Waals surface area contributed by atoms with Crippen LogP contribution in [0, 0.1) is 46.3 Å². The second-order valence-electron chi connectivity index (χ2n) is 12.9. The number of hydrogen-bond donors (Lipinski definition) is 1. The third kappa shape index (κ3) is 4.44. The van der Waals surface area contributed by atoms with Crippen LogP contribution in [0.15, 0.2) is 11.6 Å². The maximum atomic E-state index is 10.9. The summed E-state index contributed by atoms with van der Waals surface area (Å²) in [7, 11) is 0. The van der Waals surface area contributed by atoms with Crippen LogP contribution in [0.25, 0.3) is 0 Å². The van der Waals surface area contributed by atoms with E-state index in [-0.39, 0.29) is 12.7 Å². The van der Waals surface area contributed by atoms with Crippen molar-refractivity contribution in [3.8, 4) is 0 Å². The topological polar surface area (TPSA) is 46.5 Å². The molecule has 4 aliphatic carbocycles. The Morgan fingerprint density at radius 1 is 1.09 bits per heavy atom. The molecule has 4 aliphatic rings. The number of carboxylic acids is 1. The summed E-state index contributed by atoms with van der Waals surface area (Å²) < 4.78 is 5.71. The first-order chi connectivity index (χ1) is 15.1. The molecule has 3 heteroatoms. The second kappa shape index (κ2) is 9.43. The SMILES string of the molecule is CC(C)CCC[C@@H](C)[C@H]1CCC2C3CC=C4CC(OCC(=O)O)CC[C@]4(C)C3CC[C@@]21C. The van der Waals surface area contributed by atoms with Crippen LogP contribution < -0.4 is 0 Å². The molecule has 4 rings (SSSR count). The van der Waals surface area contributed by atoms with Gasteiger partial charge in [0.2, 0.25) is 0 Å². The molecule has 0 aromatic rings. The second-order valence-corrected chi connectivity index (χ2v) is 12.9. The van der Waals surface area contributed by atoms with Gasteiger partial charge in [-0.1, -0.05) is 65.5 Å². The maximum Gasteiger partial charge on any atom is 0.329 e. The predicted octanol–water partition coefficient (Wildman–Crippen LogP) is 7.50. The number of hydrogen-bond acceptors (Lipinski definition) is 2. The van der Waals surface area contributed by atoms with Crippen LogP contribution in [0.1, 0.15) is 105 Å². The highest BCUT2D eigenvalue weighted by molar-refractivity contribution is 5.68. The van der Waals surface area contributed by atoms with Gasteiger partial charge in [0.25, 0.3) is 0 Å². The molecule has 0 radical (unpaired) electrons. The highest BCUT2D eigenvalue weighted by atomic mass is 16.5. The van der Waals surface area contributed by atoms with Crippen molar-refractivity contribution >= 4 is 5.97 Å². The molecule has 0 aromatic heterocycles. The Bertz CT molecular complexity index is 711. The Labute approximate surface area is 196 Å². The van der Waals surface area contributed by atoms with E-state index in [9.17, 15) is 4.79 Å². The molecule has 8 atom stereocenters. The van der Waals surface area contributed by atoms with Crippen molar-refractivity contribution in [2.45, 2.75) is 111 Å². The molecular formula is C29H48O3. The van der Waals surface area contributed by atoms with Gasteiger partial charge in [0.05, 0.1) is 6.10 Å². The van der Waals surface area contributed by atoms with Gasteiger partial charge in [-0.2, -0.15) is 0 Å². The fraction of sp³-hybridized carbons (Fsp3) is 0.897. The van der Waals surface area contributed by atoms with E-state index in [1.165, 1.54) is 57.8 Å². The summed E-state index contributed by atoms with van der Waals surface area (Å²) in [5.74, 6) is 4.33. The number of carbonyl (C=O) groups is 1. The third-order valence-corrected chi connectivity index (χ3v) is 10.7. The monoisotopic (exact) mass is 444 g/mol. The molecule has 3 nitrogen and oxygen atoms in total. The lowest BCUT2D eigenvalue weighted by Crippen LogP contribution is -2.51. The summed E-state index contributed by atoms with van der Waals surface area (Å²) in [5, 5.41) is 8.99. The summed E-state index contributed by atoms with van der Waals surface area (Å²) in [4.78, 5) is 10.9. The van der Waals surface area contributed by atoms with Crippen LogP contribution >= 0.6 is 0 Å². The summed E-state index contributed by atoms with van der Waals surface area (Å²) in [5.41, 5.74) is 2.44. The van der Waals surface area contributed by atoms with Gasteiger partial charge < -0.3 is 9.84 Å². The summed E-state index contributed by atoms with van der Waals surface area (Å²) in [6.45, 7) is 12.3. The molecule has 0 spiro atoms. The van der Waals surface area contributed by atoms with Gasteiger partial charge >= 0.3 is 5.97 Å². The Balaban J connectivity index is 1.44. The summed E-state index contributed by atoms with van der Waals surface area (Å²) >= 11 is 0. The molecule has 0 saturated heterocycles. The summed E-state index contributed by atoms with van der Waals surface area (Å²) in [6.07, 6.45) is 16.9. The van der Waals surface area contributed by atoms with Crippen molar-refractivity contribution in [1.29, 1.82) is 0 Å². The van der Waals surface area contributed by atoms with E-state index in [4.69, 9.17) is 9.84 Å². The molecule has 32 heavy (non-hydrogen) atoms. The molecule has 0 aromatic carbocycles. The van der Waals surface area contributed by atoms with E-state index in [2.05, 4.69) is 40.7 Å². The first-order valence-electron chi connectivity index (χ1n) is 13.7. The average molecular weight is 445 g/mol. The number of carboxylic acid groups (broad SMARTS) is 1. The van der Waals surface area contributed by atoms with Crippen LogP contribution in [0.2, 0.25) is 0 Å². The molecule has 4 unspecified atom stereocenters. The fourth-order valence-electron chi connectivity index (χ4n) is 8.98. The van der Waals surface area contributed by atoms with Crippen LogP contribution in [-0.4, -0.2) is 23.8 Å². The largest absolute Gasteiger partial charge is 0.480 e. The number of ether oxygens (including phenoxy) is 1. The molecule has 0 bridgehead atoms. The molecule has 3 saturated carbocycles. The highest BCUT2D eigenvalue weighted by Crippen LogP contribution is 2.67. The van der Waals surface area contributed by atoms with Crippen LogP contribution in [0.4, 0.5) is 0 Å². The third-order valence-electron chi connectivity index (χ3n) is 10.7. The highest BCUT2D eigenvalue weighted by Gasteiger charge is 2.59. The number of allylic oxidation sites excluding steroid dienone is 1. The van der Waals surface area contributed by atoms with Crippen molar-refractivity contribution in [1.82, 2.24) is 0 Å². The van der Waals surface area contributed by atoms with Gasteiger partial charge in [0.1, 0.15) is 6.61 Å². The normalized spacial score (nSPS) is 42.1. The minimum absolute atomic E-state index is 0.0957. The van der Waals surface area contributed by atoms with Crippen molar-refractivity contribution in [2.24, 2.45) is 46.3 Å². The van der Waals surface area contributed by atoms with Crippen molar-refractivity contribution in [3.63, 3.8) is 0 Å². The van der Waals surface area contributed by atoms with E-state index < -0.39 is 5.97 Å². The fourth-order valence-corrected chi connectivity index (χ4v) is 8.98. The predicted molar refractivity (Wildman–Crippen MR) is 130 cm³/mol. The van der Waals surface area contributed by atoms with Gasteiger partial charge in [0.15, 0.2) is 0 Å². The molecule has 0 amide bonds. The van der Waals surface area contributed by atoms with Crippen molar-refractivity contribution < 1.29 is 14.6 Å². The molecule has 3 fully saturated rings. The first-order valence-corrected chi connectivity index (χ1v) is 13.7. The molecule has 182 valence electrons. The first kappa shape index (κ1) is 24.3. The zero-order valence-corrected chi connectivity index (χ0v) is 21.4. The zero-order chi connectivity index (χ0) is 23.1. The Morgan fingerprint density at radius 3 is 2.59 bits per heavy atom. The van der Waals surface area contributed by atoms with Gasteiger partial charge in [-0.25, -0.2) is 4.79 Å². The quantitative estimate of drug-likeness (QED) is 0.394. The van der Waals surface area contributed by atoms with E-state index in [0.717, 1.165) is 48.3 Å². The lowest BCUT2D eigenvalue weighted by Gasteiger charge is -2.58. The standard InChI is InChI=1S/C29H48O3/c1-19(2)7-6-8-20(3)24-11-12-25-23-10-9-21-17-22(32-18-27(30)31)13-15-28(21,4)26(23)14-16-29(24,25)5/h9,19-20,22-26H,6-8,10-18H2,1-5H3,(H,30,31)/t20-,22?,23?,24-,25?,26?,28+,29-/m1/s1. The maximum absolute atomic E-state index is 10.9. The minimum Gasteiger partial charge on any atom is -0.480 e. The lowest BCUT2D eigenvalue weighted by molar-refractivity contribution is -0.145. The van der Waals surface area contributed by atoms with Crippen LogP contribution in [0.3, 0.4) is 0 Å². The summed E-state index contributed by atoms with van der Waals surface area (Å²) in [6, 6.07) is 0. The van der Waals surface area contributed by atoms with Crippen molar-refractivity contribution in [3.05, 3.63) is 11.6 Å². The van der Waals surface area contributed by atoms with E-state index in [1.807, 2.05) is 0 Å². The lowest BCUT2D eigenvalue weighted by atomic mass is 9.47.